The van der Waals surface area contributed by atoms with Gasteiger partial charge in [-0.1, -0.05) is 18.2 Å². The molecule has 0 saturated carbocycles. The van der Waals surface area contributed by atoms with E-state index >= 15 is 0 Å². The number of benzene rings is 1. The van der Waals surface area contributed by atoms with Crippen LogP contribution in [0.4, 0.5) is 5.69 Å². The van der Waals surface area contributed by atoms with E-state index in [0.717, 1.165) is 11.3 Å². The molecule has 76 valence electrons. The first-order valence-electron chi connectivity index (χ1n) is 4.49. The fourth-order valence-electron chi connectivity index (χ4n) is 1.28. The third-order valence-electron chi connectivity index (χ3n) is 2.06. The van der Waals surface area contributed by atoms with Gasteiger partial charge in [-0.15, -0.1) is 0 Å². The zero-order valence-corrected chi connectivity index (χ0v) is 8.23. The van der Waals surface area contributed by atoms with Gasteiger partial charge in [-0.2, -0.15) is 0 Å². The first-order chi connectivity index (χ1) is 7.31. The average Bonchev–Trinajstić information content (AvgIpc) is 2.50. The highest BCUT2D eigenvalue weighted by Crippen LogP contribution is 2.16. The van der Waals surface area contributed by atoms with Crippen molar-refractivity contribution in [1.29, 1.82) is 0 Å². The summed E-state index contributed by atoms with van der Waals surface area (Å²) >= 11 is 0. The third-order valence-corrected chi connectivity index (χ3v) is 2.06. The molecule has 0 atom stereocenters. The van der Waals surface area contributed by atoms with Crippen LogP contribution in [0.3, 0.4) is 0 Å². The first-order valence-corrected chi connectivity index (χ1v) is 4.49. The molecule has 1 heterocycles. The Hall–Kier alpha value is -2.10. The quantitative estimate of drug-likeness (QED) is 0.703. The SMILES string of the molecule is COC(=O)C1=CNc2ccccc2C=N1. The highest BCUT2D eigenvalue weighted by molar-refractivity contribution is 5.96. The van der Waals surface area contributed by atoms with Gasteiger partial charge in [-0.3, -0.25) is 0 Å². The molecule has 0 spiro atoms. The maximum absolute atomic E-state index is 11.2. The van der Waals surface area contributed by atoms with E-state index in [1.807, 2.05) is 24.3 Å². The summed E-state index contributed by atoms with van der Waals surface area (Å²) in [5.41, 5.74) is 2.11. The summed E-state index contributed by atoms with van der Waals surface area (Å²) in [5, 5.41) is 3.00. The molecule has 0 amide bonds. The molecule has 15 heavy (non-hydrogen) atoms. The summed E-state index contributed by atoms with van der Waals surface area (Å²) in [7, 11) is 1.33. The Morgan fingerprint density at radius 2 is 2.20 bits per heavy atom. The normalized spacial score (nSPS) is 13.3. The second-order valence-corrected chi connectivity index (χ2v) is 3.01. The Kier molecular flexibility index (Phi) is 2.49. The van der Waals surface area contributed by atoms with Crippen LogP contribution in [0.15, 0.2) is 41.2 Å². The van der Waals surface area contributed by atoms with Gasteiger partial charge in [0.2, 0.25) is 0 Å². The minimum Gasteiger partial charge on any atom is -0.464 e. The Labute approximate surface area is 87.3 Å². The second kappa shape index (κ2) is 3.96. The first kappa shape index (κ1) is 9.45. The molecule has 0 saturated heterocycles. The standard InChI is InChI=1S/C11H10N2O2/c1-15-11(14)10-7-13-9-5-3-2-4-8(9)6-12-10/h2-7,13H,1H3. The molecular weight excluding hydrogens is 192 g/mol. The number of rotatable bonds is 1. The minimum atomic E-state index is -0.452. The number of nitrogens with zero attached hydrogens (tertiary/aromatic N) is 1. The van der Waals surface area contributed by atoms with Crippen molar-refractivity contribution < 1.29 is 9.53 Å². The van der Waals surface area contributed by atoms with Crippen molar-refractivity contribution in [3.8, 4) is 0 Å². The molecule has 1 aliphatic rings. The van der Waals surface area contributed by atoms with Crippen molar-refractivity contribution in [3.63, 3.8) is 0 Å². The van der Waals surface area contributed by atoms with Gasteiger partial charge in [0.05, 0.1) is 7.11 Å². The molecule has 0 unspecified atom stereocenters. The summed E-state index contributed by atoms with van der Waals surface area (Å²) in [6.07, 6.45) is 3.17. The summed E-state index contributed by atoms with van der Waals surface area (Å²) in [6.45, 7) is 0. The molecule has 0 bridgehead atoms. The van der Waals surface area contributed by atoms with Crippen LogP contribution in [-0.4, -0.2) is 19.3 Å². The summed E-state index contributed by atoms with van der Waals surface area (Å²) < 4.78 is 4.58. The maximum atomic E-state index is 11.2. The molecule has 2 rings (SSSR count). The Bertz CT molecular complexity index is 450. The molecule has 0 fully saturated rings. The maximum Gasteiger partial charge on any atom is 0.358 e. The predicted molar refractivity (Wildman–Crippen MR) is 57.8 cm³/mol. The van der Waals surface area contributed by atoms with E-state index in [0.29, 0.717) is 0 Å². The number of ether oxygens (including phenoxy) is 1. The van der Waals surface area contributed by atoms with Crippen LogP contribution in [0.5, 0.6) is 0 Å². The van der Waals surface area contributed by atoms with Crippen molar-refractivity contribution >= 4 is 17.9 Å². The zero-order chi connectivity index (χ0) is 10.7. The van der Waals surface area contributed by atoms with E-state index in [1.54, 1.807) is 6.21 Å². The number of carbonyl (C=O) groups is 1. The van der Waals surface area contributed by atoms with Gasteiger partial charge in [-0.05, 0) is 6.07 Å². The molecule has 0 radical (unpaired) electrons. The molecule has 0 aliphatic carbocycles. The molecule has 1 N–H and O–H groups in total. The molecule has 1 aliphatic heterocycles. The monoisotopic (exact) mass is 202 g/mol. The lowest BCUT2D eigenvalue weighted by Gasteiger charge is -2.01. The van der Waals surface area contributed by atoms with E-state index in [2.05, 4.69) is 15.0 Å². The van der Waals surface area contributed by atoms with Crippen LogP contribution >= 0.6 is 0 Å². The number of aliphatic imine (C=N–C) groups is 1. The molecule has 1 aromatic rings. The van der Waals surface area contributed by atoms with Gasteiger partial charge >= 0.3 is 5.97 Å². The summed E-state index contributed by atoms with van der Waals surface area (Å²) in [6, 6.07) is 7.66. The topological polar surface area (TPSA) is 50.7 Å². The van der Waals surface area contributed by atoms with Crippen LogP contribution in [0.2, 0.25) is 0 Å². The average molecular weight is 202 g/mol. The molecule has 4 nitrogen and oxygen atoms in total. The fraction of sp³-hybridized carbons (Fsp3) is 0.0909. The van der Waals surface area contributed by atoms with E-state index in [1.165, 1.54) is 13.3 Å². The predicted octanol–water partition coefficient (Wildman–Crippen LogP) is 1.55. The number of hydrogen-bond acceptors (Lipinski definition) is 4. The number of para-hydroxylation sites is 1. The van der Waals surface area contributed by atoms with Crippen molar-refractivity contribution in [2.24, 2.45) is 4.99 Å². The smallest absolute Gasteiger partial charge is 0.358 e. The van der Waals surface area contributed by atoms with Crippen LogP contribution in [-0.2, 0) is 9.53 Å². The molecule has 0 aromatic heterocycles. The largest absolute Gasteiger partial charge is 0.464 e. The van der Waals surface area contributed by atoms with Gasteiger partial charge < -0.3 is 10.1 Å². The lowest BCUT2D eigenvalue weighted by Crippen LogP contribution is -2.03. The van der Waals surface area contributed by atoms with Crippen molar-refractivity contribution in [2.45, 2.75) is 0 Å². The number of hydrogen-bond donors (Lipinski definition) is 1. The van der Waals surface area contributed by atoms with Gasteiger partial charge in [0.1, 0.15) is 0 Å². The summed E-state index contributed by atoms with van der Waals surface area (Å²) in [5.74, 6) is -0.452. The number of fused-ring (bicyclic) bond motifs is 1. The number of anilines is 1. The fourth-order valence-corrected chi connectivity index (χ4v) is 1.28. The van der Waals surface area contributed by atoms with Crippen LogP contribution in [0.1, 0.15) is 5.56 Å². The van der Waals surface area contributed by atoms with E-state index < -0.39 is 5.97 Å². The highest BCUT2D eigenvalue weighted by atomic mass is 16.5. The van der Waals surface area contributed by atoms with Crippen LogP contribution < -0.4 is 5.32 Å². The van der Waals surface area contributed by atoms with Crippen molar-refractivity contribution in [2.75, 3.05) is 12.4 Å². The van der Waals surface area contributed by atoms with Gasteiger partial charge in [0.25, 0.3) is 0 Å². The zero-order valence-electron chi connectivity index (χ0n) is 8.23. The van der Waals surface area contributed by atoms with Gasteiger partial charge in [0.15, 0.2) is 5.70 Å². The van der Waals surface area contributed by atoms with Crippen molar-refractivity contribution in [3.05, 3.63) is 41.7 Å². The lowest BCUT2D eigenvalue weighted by molar-refractivity contribution is -0.136. The number of carbonyl (C=O) groups excluding carboxylic acids is 1. The second-order valence-electron chi connectivity index (χ2n) is 3.01. The molecule has 4 heteroatoms. The Morgan fingerprint density at radius 3 is 3.00 bits per heavy atom. The Morgan fingerprint density at radius 1 is 1.40 bits per heavy atom. The molecule has 1 aromatic carbocycles. The number of methoxy groups -OCH3 is 1. The van der Waals surface area contributed by atoms with E-state index in [-0.39, 0.29) is 5.70 Å². The number of nitrogens with one attached hydrogen (secondary N) is 1. The van der Waals surface area contributed by atoms with Gasteiger partial charge in [-0.25, -0.2) is 9.79 Å². The Balaban J connectivity index is 2.33. The summed E-state index contributed by atoms with van der Waals surface area (Å²) in [4.78, 5) is 15.3. The lowest BCUT2D eigenvalue weighted by atomic mass is 10.2. The minimum absolute atomic E-state index is 0.258. The number of esters is 1. The van der Waals surface area contributed by atoms with Crippen LogP contribution in [0.25, 0.3) is 0 Å². The van der Waals surface area contributed by atoms with Gasteiger partial charge in [0, 0.05) is 23.7 Å². The molecular formula is C11H10N2O2. The van der Waals surface area contributed by atoms with Crippen molar-refractivity contribution in [1.82, 2.24) is 0 Å². The highest BCUT2D eigenvalue weighted by Gasteiger charge is 2.10. The van der Waals surface area contributed by atoms with E-state index in [9.17, 15) is 4.79 Å². The van der Waals surface area contributed by atoms with E-state index in [4.69, 9.17) is 0 Å². The van der Waals surface area contributed by atoms with Crippen LogP contribution in [0, 0.1) is 0 Å². The third kappa shape index (κ3) is 1.88.